The number of hydrogen-bond acceptors (Lipinski definition) is 6. The van der Waals surface area contributed by atoms with Crippen molar-refractivity contribution < 1.29 is 31.5 Å². The zero-order valence-corrected chi connectivity index (χ0v) is 13.5. The van der Waals surface area contributed by atoms with Crippen molar-refractivity contribution in [1.82, 2.24) is 4.72 Å². The molecule has 1 rings (SSSR count). The number of nitrogens with one attached hydrogen (secondary N) is 1. The summed E-state index contributed by atoms with van der Waals surface area (Å²) in [6.07, 6.45) is 1.02. The summed E-state index contributed by atoms with van der Waals surface area (Å²) >= 11 is 1.07. The highest BCUT2D eigenvalue weighted by molar-refractivity contribution is 7.99. The van der Waals surface area contributed by atoms with Crippen LogP contribution in [0.15, 0.2) is 17.0 Å². The highest BCUT2D eigenvalue weighted by atomic mass is 32.2. The van der Waals surface area contributed by atoms with Crippen LogP contribution in [0.4, 0.5) is 8.78 Å². The standard InChI is InChI=1S/C12H15F2NO5S2/c1-19-11(16)7-20-12-9(13)5-8(6-10(12)14)21-4-3-15-22(2,17)18/h5-6,15H,3-4,7H2,1-2H3. The Morgan fingerprint density at radius 3 is 2.41 bits per heavy atom. The first-order valence-electron chi connectivity index (χ1n) is 5.99. The number of rotatable bonds is 8. The predicted molar refractivity (Wildman–Crippen MR) is 77.4 cm³/mol. The monoisotopic (exact) mass is 355 g/mol. The number of hydrogen-bond donors (Lipinski definition) is 1. The van der Waals surface area contributed by atoms with Gasteiger partial charge in [-0.05, 0) is 12.1 Å². The van der Waals surface area contributed by atoms with Crippen molar-refractivity contribution in [1.29, 1.82) is 0 Å². The molecule has 0 aliphatic rings. The molecule has 124 valence electrons. The number of ether oxygens (including phenoxy) is 2. The van der Waals surface area contributed by atoms with Gasteiger partial charge < -0.3 is 9.47 Å². The molecule has 1 aromatic carbocycles. The molecular weight excluding hydrogens is 340 g/mol. The Balaban J connectivity index is 2.63. The van der Waals surface area contributed by atoms with Crippen molar-refractivity contribution >= 4 is 27.8 Å². The van der Waals surface area contributed by atoms with Gasteiger partial charge in [-0.1, -0.05) is 0 Å². The van der Waals surface area contributed by atoms with E-state index in [0.29, 0.717) is 5.75 Å². The highest BCUT2D eigenvalue weighted by Crippen LogP contribution is 2.28. The Hall–Kier alpha value is -1.39. The fourth-order valence-electron chi connectivity index (χ4n) is 1.34. The summed E-state index contributed by atoms with van der Waals surface area (Å²) in [4.78, 5) is 11.2. The van der Waals surface area contributed by atoms with E-state index < -0.39 is 40.0 Å². The van der Waals surface area contributed by atoms with Gasteiger partial charge in [-0.3, -0.25) is 0 Å². The second-order valence-electron chi connectivity index (χ2n) is 4.10. The van der Waals surface area contributed by atoms with Crippen molar-refractivity contribution in [2.24, 2.45) is 0 Å². The maximum absolute atomic E-state index is 13.7. The van der Waals surface area contributed by atoms with E-state index in [9.17, 15) is 22.0 Å². The van der Waals surface area contributed by atoms with Crippen LogP contribution in [0.5, 0.6) is 5.75 Å². The molecule has 6 nitrogen and oxygen atoms in total. The van der Waals surface area contributed by atoms with E-state index in [0.717, 1.165) is 37.3 Å². The summed E-state index contributed by atoms with van der Waals surface area (Å²) in [5, 5.41) is 0. The molecule has 0 unspecified atom stereocenters. The highest BCUT2D eigenvalue weighted by Gasteiger charge is 2.15. The third-order valence-corrected chi connectivity index (χ3v) is 3.97. The van der Waals surface area contributed by atoms with E-state index in [2.05, 4.69) is 9.46 Å². The van der Waals surface area contributed by atoms with Crippen molar-refractivity contribution in [3.63, 3.8) is 0 Å². The topological polar surface area (TPSA) is 81.7 Å². The third kappa shape index (κ3) is 6.58. The zero-order chi connectivity index (χ0) is 16.8. The van der Waals surface area contributed by atoms with E-state index in [1.54, 1.807) is 0 Å². The molecule has 0 bridgehead atoms. The SMILES string of the molecule is COC(=O)COc1c(F)cc(SCCNS(C)(=O)=O)cc1F. The van der Waals surface area contributed by atoms with E-state index >= 15 is 0 Å². The lowest BCUT2D eigenvalue weighted by molar-refractivity contribution is -0.143. The molecule has 1 aromatic rings. The Labute approximate surface area is 131 Å². The van der Waals surface area contributed by atoms with Crippen LogP contribution in [-0.2, 0) is 19.6 Å². The van der Waals surface area contributed by atoms with Crippen LogP contribution in [0.25, 0.3) is 0 Å². The van der Waals surface area contributed by atoms with Gasteiger partial charge >= 0.3 is 5.97 Å². The van der Waals surface area contributed by atoms with Gasteiger partial charge in [-0.25, -0.2) is 26.7 Å². The quantitative estimate of drug-likeness (QED) is 0.428. The molecule has 0 spiro atoms. The lowest BCUT2D eigenvalue weighted by Crippen LogP contribution is -2.24. The van der Waals surface area contributed by atoms with Crippen LogP contribution in [0, 0.1) is 11.6 Å². The second-order valence-corrected chi connectivity index (χ2v) is 7.10. The Morgan fingerprint density at radius 2 is 1.91 bits per heavy atom. The molecule has 22 heavy (non-hydrogen) atoms. The van der Waals surface area contributed by atoms with Gasteiger partial charge in [0.05, 0.1) is 13.4 Å². The van der Waals surface area contributed by atoms with Gasteiger partial charge in [0, 0.05) is 17.2 Å². The van der Waals surface area contributed by atoms with Crippen molar-refractivity contribution in [2.75, 3.05) is 32.3 Å². The van der Waals surface area contributed by atoms with E-state index in [4.69, 9.17) is 4.74 Å². The van der Waals surface area contributed by atoms with Crippen LogP contribution >= 0.6 is 11.8 Å². The van der Waals surface area contributed by atoms with Gasteiger partial charge in [-0.2, -0.15) is 0 Å². The maximum atomic E-state index is 13.7. The average molecular weight is 355 g/mol. The van der Waals surface area contributed by atoms with Gasteiger partial charge in [0.2, 0.25) is 10.0 Å². The first-order valence-corrected chi connectivity index (χ1v) is 8.86. The van der Waals surface area contributed by atoms with Crippen LogP contribution in [0.3, 0.4) is 0 Å². The molecule has 0 heterocycles. The average Bonchev–Trinajstić information content (AvgIpc) is 2.41. The predicted octanol–water partition coefficient (Wildman–Crippen LogP) is 1.16. The van der Waals surface area contributed by atoms with Crippen molar-refractivity contribution in [2.45, 2.75) is 4.90 Å². The first-order chi connectivity index (χ1) is 10.2. The zero-order valence-electron chi connectivity index (χ0n) is 11.9. The number of benzene rings is 1. The van der Waals surface area contributed by atoms with Gasteiger partial charge in [0.15, 0.2) is 24.0 Å². The molecule has 0 aliphatic heterocycles. The second kappa shape index (κ2) is 8.30. The minimum atomic E-state index is -3.29. The largest absolute Gasteiger partial charge is 0.476 e. The van der Waals surface area contributed by atoms with Crippen LogP contribution in [0.1, 0.15) is 0 Å². The number of methoxy groups -OCH3 is 1. The molecular formula is C12H15F2NO5S2. The van der Waals surface area contributed by atoms with E-state index in [1.807, 2.05) is 0 Å². The number of halogens is 2. The summed E-state index contributed by atoms with van der Waals surface area (Å²) in [7, 11) is -2.17. The lowest BCUT2D eigenvalue weighted by atomic mass is 10.3. The molecule has 0 fully saturated rings. The minimum absolute atomic E-state index is 0.132. The molecule has 0 saturated carbocycles. The first kappa shape index (κ1) is 18.7. The molecule has 0 atom stereocenters. The Bertz CT molecular complexity index is 613. The fourth-order valence-corrected chi connectivity index (χ4v) is 2.76. The molecule has 0 amide bonds. The molecule has 0 radical (unpaired) electrons. The number of carbonyl (C=O) groups is 1. The molecule has 0 saturated heterocycles. The number of carbonyl (C=O) groups excluding carboxylic acids is 1. The molecule has 0 aromatic heterocycles. The smallest absolute Gasteiger partial charge is 0.343 e. The third-order valence-electron chi connectivity index (χ3n) is 2.27. The molecule has 1 N–H and O–H groups in total. The Kier molecular flexibility index (Phi) is 7.04. The van der Waals surface area contributed by atoms with Crippen molar-refractivity contribution in [3.05, 3.63) is 23.8 Å². The van der Waals surface area contributed by atoms with Crippen LogP contribution < -0.4 is 9.46 Å². The van der Waals surface area contributed by atoms with Crippen LogP contribution in [0.2, 0.25) is 0 Å². The number of thioether (sulfide) groups is 1. The molecule has 10 heteroatoms. The normalized spacial score (nSPS) is 11.3. The Morgan fingerprint density at radius 1 is 1.32 bits per heavy atom. The summed E-state index contributed by atoms with van der Waals surface area (Å²) in [6, 6.07) is 2.08. The van der Waals surface area contributed by atoms with Gasteiger partial charge in [0.25, 0.3) is 0 Å². The van der Waals surface area contributed by atoms with Gasteiger partial charge in [-0.15, -0.1) is 11.8 Å². The van der Waals surface area contributed by atoms with E-state index in [-0.39, 0.29) is 11.4 Å². The van der Waals surface area contributed by atoms with Gasteiger partial charge in [0.1, 0.15) is 0 Å². The number of sulfonamides is 1. The molecule has 0 aliphatic carbocycles. The fraction of sp³-hybridized carbons (Fsp3) is 0.417. The van der Waals surface area contributed by atoms with Crippen LogP contribution in [-0.4, -0.2) is 46.7 Å². The minimum Gasteiger partial charge on any atom is -0.476 e. The lowest BCUT2D eigenvalue weighted by Gasteiger charge is -2.09. The number of esters is 1. The van der Waals surface area contributed by atoms with E-state index in [1.165, 1.54) is 0 Å². The summed E-state index contributed by atoms with van der Waals surface area (Å²) < 4.78 is 60.4. The summed E-state index contributed by atoms with van der Waals surface area (Å²) in [6.45, 7) is -0.470. The van der Waals surface area contributed by atoms with Crippen molar-refractivity contribution in [3.8, 4) is 5.75 Å². The maximum Gasteiger partial charge on any atom is 0.343 e. The summed E-state index contributed by atoms with van der Waals surface area (Å²) in [5.74, 6) is -3.04. The summed E-state index contributed by atoms with van der Waals surface area (Å²) in [5.41, 5.74) is 0.